The molecule has 0 aliphatic heterocycles. The third-order valence-corrected chi connectivity index (χ3v) is 3.15. The molecule has 0 fully saturated rings. The largest absolute Gasteiger partial charge is 0.496 e. The minimum Gasteiger partial charge on any atom is -0.496 e. The summed E-state index contributed by atoms with van der Waals surface area (Å²) < 4.78 is 59.8. The van der Waals surface area contributed by atoms with E-state index in [9.17, 15) is 17.6 Å². The minimum absolute atomic E-state index is 0.143. The number of benzene rings is 2. The SMILES string of the molecule is Bc1c(F)cc(OC)c(-c2cc(C)c(F)cc2F)c1F. The molecule has 0 bridgehead atoms. The Bertz CT molecular complexity index is 686. The fraction of sp³-hybridized carbons (Fsp3) is 0.143. The summed E-state index contributed by atoms with van der Waals surface area (Å²) in [6, 6.07) is 2.82. The van der Waals surface area contributed by atoms with Crippen LogP contribution in [0.5, 0.6) is 5.75 Å². The summed E-state index contributed by atoms with van der Waals surface area (Å²) in [7, 11) is 2.46. The lowest BCUT2D eigenvalue weighted by molar-refractivity contribution is 0.409. The first-order valence-electron chi connectivity index (χ1n) is 5.85. The summed E-state index contributed by atoms with van der Waals surface area (Å²) in [6.07, 6.45) is 0. The second-order valence-electron chi connectivity index (χ2n) is 4.46. The number of halogens is 4. The van der Waals surface area contributed by atoms with Gasteiger partial charge in [-0.3, -0.25) is 0 Å². The predicted octanol–water partition coefficient (Wildman–Crippen LogP) is 2.49. The Hall–Kier alpha value is -1.98. The normalized spacial score (nSPS) is 10.7. The number of hydrogen-bond donors (Lipinski definition) is 0. The third-order valence-electron chi connectivity index (χ3n) is 3.15. The molecule has 0 unspecified atom stereocenters. The first-order chi connectivity index (χ1) is 9.36. The molecule has 0 aromatic heterocycles. The van der Waals surface area contributed by atoms with Crippen LogP contribution in [0.2, 0.25) is 0 Å². The minimum atomic E-state index is -0.934. The Morgan fingerprint density at radius 3 is 2.20 bits per heavy atom. The van der Waals surface area contributed by atoms with Crippen molar-refractivity contribution < 1.29 is 22.3 Å². The molecule has 0 aliphatic rings. The first kappa shape index (κ1) is 14.4. The highest BCUT2D eigenvalue weighted by atomic mass is 19.1. The molecule has 0 atom stereocenters. The molecule has 2 aromatic carbocycles. The van der Waals surface area contributed by atoms with Gasteiger partial charge in [0.05, 0.1) is 12.7 Å². The molecule has 0 aliphatic carbocycles. The lowest BCUT2D eigenvalue weighted by Gasteiger charge is -2.14. The number of methoxy groups -OCH3 is 1. The summed E-state index contributed by atoms with van der Waals surface area (Å²) in [4.78, 5) is 0. The van der Waals surface area contributed by atoms with E-state index in [-0.39, 0.29) is 27.9 Å². The highest BCUT2D eigenvalue weighted by molar-refractivity contribution is 6.33. The van der Waals surface area contributed by atoms with Gasteiger partial charge in [-0.15, -0.1) is 0 Å². The maximum Gasteiger partial charge on any atom is 0.147 e. The maximum absolute atomic E-state index is 14.2. The van der Waals surface area contributed by atoms with Crippen LogP contribution in [0.1, 0.15) is 5.56 Å². The Labute approximate surface area is 114 Å². The summed E-state index contributed by atoms with van der Waals surface area (Å²) in [6.45, 7) is 1.43. The van der Waals surface area contributed by atoms with Crippen molar-refractivity contribution in [3.05, 3.63) is 47.0 Å². The van der Waals surface area contributed by atoms with E-state index in [0.717, 1.165) is 6.07 Å². The van der Waals surface area contributed by atoms with Crippen LogP contribution in [-0.2, 0) is 0 Å². The average molecular weight is 282 g/mol. The van der Waals surface area contributed by atoms with E-state index in [1.54, 1.807) is 0 Å². The van der Waals surface area contributed by atoms with Crippen molar-refractivity contribution >= 4 is 13.3 Å². The van der Waals surface area contributed by atoms with Crippen molar-refractivity contribution in [2.45, 2.75) is 6.92 Å². The van der Waals surface area contributed by atoms with Gasteiger partial charge in [-0.1, -0.05) is 0 Å². The molecule has 20 heavy (non-hydrogen) atoms. The van der Waals surface area contributed by atoms with Crippen LogP contribution >= 0.6 is 0 Å². The van der Waals surface area contributed by atoms with Crippen LogP contribution in [0.4, 0.5) is 17.6 Å². The number of ether oxygens (including phenoxy) is 1. The van der Waals surface area contributed by atoms with Crippen LogP contribution in [0.15, 0.2) is 18.2 Å². The van der Waals surface area contributed by atoms with Gasteiger partial charge in [-0.2, -0.15) is 0 Å². The molecule has 0 amide bonds. The van der Waals surface area contributed by atoms with Gasteiger partial charge in [-0.25, -0.2) is 17.6 Å². The summed E-state index contributed by atoms with van der Waals surface area (Å²) >= 11 is 0. The van der Waals surface area contributed by atoms with Gasteiger partial charge in [0, 0.05) is 17.7 Å². The number of aryl methyl sites for hydroxylation is 1. The van der Waals surface area contributed by atoms with Gasteiger partial charge >= 0.3 is 0 Å². The van der Waals surface area contributed by atoms with Crippen LogP contribution in [0.3, 0.4) is 0 Å². The molecular weight excluding hydrogens is 271 g/mol. The van der Waals surface area contributed by atoms with E-state index in [4.69, 9.17) is 4.74 Å². The van der Waals surface area contributed by atoms with E-state index >= 15 is 0 Å². The second-order valence-corrected chi connectivity index (χ2v) is 4.46. The Balaban J connectivity index is 2.82. The van der Waals surface area contributed by atoms with Gasteiger partial charge in [0.1, 0.15) is 36.9 Å². The molecule has 6 heteroatoms. The highest BCUT2D eigenvalue weighted by Crippen LogP contribution is 2.35. The van der Waals surface area contributed by atoms with Crippen molar-refractivity contribution in [3.63, 3.8) is 0 Å². The second kappa shape index (κ2) is 5.19. The molecule has 1 nitrogen and oxygen atoms in total. The Kier molecular flexibility index (Phi) is 3.75. The highest BCUT2D eigenvalue weighted by Gasteiger charge is 2.21. The van der Waals surface area contributed by atoms with Gasteiger partial charge in [0.25, 0.3) is 0 Å². The predicted molar refractivity (Wildman–Crippen MR) is 71.2 cm³/mol. The van der Waals surface area contributed by atoms with Gasteiger partial charge in [0.2, 0.25) is 0 Å². The molecule has 0 spiro atoms. The van der Waals surface area contributed by atoms with Crippen LogP contribution < -0.4 is 10.2 Å². The standard InChI is InChI=1S/C14H11BF4O/c1-6-3-7(9(17)4-8(6)16)12-11(20-2)5-10(18)13(15)14(12)19/h3-5H,15H2,1-2H3. The van der Waals surface area contributed by atoms with Gasteiger partial charge < -0.3 is 4.74 Å². The fourth-order valence-corrected chi connectivity index (χ4v) is 1.96. The zero-order chi connectivity index (χ0) is 15.0. The van der Waals surface area contributed by atoms with E-state index in [0.29, 0.717) is 6.07 Å². The molecule has 0 N–H and O–H groups in total. The average Bonchev–Trinajstić information content (AvgIpc) is 2.40. The maximum atomic E-state index is 14.2. The van der Waals surface area contributed by atoms with Crippen molar-refractivity contribution in [1.29, 1.82) is 0 Å². The summed E-state index contributed by atoms with van der Waals surface area (Å²) in [5, 5.41) is 0. The quantitative estimate of drug-likeness (QED) is 0.607. The zero-order valence-electron chi connectivity index (χ0n) is 11.2. The lowest BCUT2D eigenvalue weighted by Crippen LogP contribution is -2.16. The van der Waals surface area contributed by atoms with E-state index in [1.165, 1.54) is 27.9 Å². The molecule has 0 radical (unpaired) electrons. The fourth-order valence-electron chi connectivity index (χ4n) is 1.96. The molecule has 2 aromatic rings. The van der Waals surface area contributed by atoms with Crippen LogP contribution in [-0.4, -0.2) is 15.0 Å². The van der Waals surface area contributed by atoms with Crippen molar-refractivity contribution in [2.75, 3.05) is 7.11 Å². The first-order valence-corrected chi connectivity index (χ1v) is 5.85. The molecule has 0 saturated carbocycles. The van der Waals surface area contributed by atoms with Gasteiger partial charge in [-0.05, 0) is 24.0 Å². The number of rotatable bonds is 2. The molecular formula is C14H11BF4O. The smallest absolute Gasteiger partial charge is 0.147 e. The topological polar surface area (TPSA) is 9.23 Å². The molecule has 2 rings (SSSR count). The van der Waals surface area contributed by atoms with Crippen molar-refractivity contribution in [2.24, 2.45) is 0 Å². The Morgan fingerprint density at radius 1 is 0.950 bits per heavy atom. The molecule has 0 saturated heterocycles. The van der Waals surface area contributed by atoms with Crippen molar-refractivity contribution in [3.8, 4) is 16.9 Å². The summed E-state index contributed by atoms with van der Waals surface area (Å²) in [5.74, 6) is -3.52. The van der Waals surface area contributed by atoms with Crippen LogP contribution in [0, 0.1) is 30.2 Å². The lowest BCUT2D eigenvalue weighted by atomic mass is 9.89. The zero-order valence-corrected chi connectivity index (χ0v) is 11.2. The van der Waals surface area contributed by atoms with E-state index < -0.39 is 23.3 Å². The van der Waals surface area contributed by atoms with Crippen molar-refractivity contribution in [1.82, 2.24) is 0 Å². The van der Waals surface area contributed by atoms with E-state index in [1.807, 2.05) is 0 Å². The number of hydrogen-bond acceptors (Lipinski definition) is 1. The van der Waals surface area contributed by atoms with Gasteiger partial charge in [0.15, 0.2) is 0 Å². The summed E-state index contributed by atoms with van der Waals surface area (Å²) in [5.41, 5.74) is -0.472. The molecule has 104 valence electrons. The van der Waals surface area contributed by atoms with Crippen LogP contribution in [0.25, 0.3) is 11.1 Å². The Morgan fingerprint density at radius 2 is 1.60 bits per heavy atom. The molecule has 0 heterocycles. The monoisotopic (exact) mass is 282 g/mol. The van der Waals surface area contributed by atoms with E-state index in [2.05, 4.69) is 0 Å². The third kappa shape index (κ3) is 2.26.